The Morgan fingerprint density at radius 3 is 2.73 bits per heavy atom. The van der Waals surface area contributed by atoms with Gasteiger partial charge >= 0.3 is 0 Å². The third-order valence-corrected chi connectivity index (χ3v) is 3.55. The van der Waals surface area contributed by atoms with E-state index in [2.05, 4.69) is 25.9 Å². The van der Waals surface area contributed by atoms with E-state index in [-0.39, 0.29) is 11.2 Å². The first kappa shape index (κ1) is 10.8. The van der Waals surface area contributed by atoms with Crippen LogP contribution in [0.2, 0.25) is 0 Å². The maximum Gasteiger partial charge on any atom is 0.265 e. The van der Waals surface area contributed by atoms with Crippen LogP contribution in [0.25, 0.3) is 0 Å². The van der Waals surface area contributed by atoms with E-state index in [1.165, 1.54) is 6.20 Å². The summed E-state index contributed by atoms with van der Waals surface area (Å²) in [5, 5.41) is 0. The zero-order valence-corrected chi connectivity index (χ0v) is 10.1. The quantitative estimate of drug-likeness (QED) is 0.896. The van der Waals surface area contributed by atoms with E-state index in [9.17, 15) is 4.79 Å². The minimum absolute atomic E-state index is 0.150. The van der Waals surface area contributed by atoms with Crippen LogP contribution in [0.4, 0.5) is 0 Å². The van der Waals surface area contributed by atoms with Gasteiger partial charge in [-0.3, -0.25) is 4.79 Å². The lowest BCUT2D eigenvalue weighted by atomic mass is 10.0. The Labute approximate surface area is 96.2 Å². The van der Waals surface area contributed by atoms with Crippen molar-refractivity contribution in [1.29, 1.82) is 0 Å². The second kappa shape index (κ2) is 4.06. The molecule has 0 saturated heterocycles. The summed E-state index contributed by atoms with van der Waals surface area (Å²) in [5.74, 6) is 0.649. The molecular weight excluding hydrogens is 260 g/mol. The number of H-pyrrole nitrogens is 1. The van der Waals surface area contributed by atoms with Crippen molar-refractivity contribution in [3.8, 4) is 0 Å². The lowest BCUT2D eigenvalue weighted by Gasteiger charge is -2.25. The third kappa shape index (κ3) is 1.86. The molecule has 5 heteroatoms. The van der Waals surface area contributed by atoms with Crippen LogP contribution in [-0.2, 0) is 10.3 Å². The molecule has 1 aromatic rings. The van der Waals surface area contributed by atoms with Gasteiger partial charge in [-0.2, -0.15) is 0 Å². The lowest BCUT2D eigenvalue weighted by molar-refractivity contribution is -0.0165. The van der Waals surface area contributed by atoms with Crippen molar-refractivity contribution in [2.24, 2.45) is 0 Å². The van der Waals surface area contributed by atoms with E-state index < -0.39 is 0 Å². The van der Waals surface area contributed by atoms with Crippen molar-refractivity contribution in [2.45, 2.75) is 31.3 Å². The first-order chi connectivity index (χ1) is 7.18. The maximum absolute atomic E-state index is 11.5. The van der Waals surface area contributed by atoms with Gasteiger partial charge in [0, 0.05) is 13.3 Å². The molecule has 82 valence electrons. The number of halogens is 1. The van der Waals surface area contributed by atoms with Gasteiger partial charge in [0.15, 0.2) is 0 Å². The number of rotatable bonds is 2. The number of ether oxygens (including phenoxy) is 1. The van der Waals surface area contributed by atoms with Crippen molar-refractivity contribution in [1.82, 2.24) is 9.97 Å². The summed E-state index contributed by atoms with van der Waals surface area (Å²) in [6.45, 7) is 0. The predicted molar refractivity (Wildman–Crippen MR) is 59.7 cm³/mol. The van der Waals surface area contributed by atoms with E-state index in [4.69, 9.17) is 4.74 Å². The second-order valence-electron chi connectivity index (χ2n) is 3.81. The molecule has 0 atom stereocenters. The lowest BCUT2D eigenvalue weighted by Crippen LogP contribution is -2.30. The van der Waals surface area contributed by atoms with Crippen molar-refractivity contribution in [3.05, 3.63) is 26.8 Å². The summed E-state index contributed by atoms with van der Waals surface area (Å²) in [6, 6.07) is 0. The normalized spacial score (nSPS) is 19.3. The molecule has 1 N–H and O–H groups in total. The molecule has 1 fully saturated rings. The highest BCUT2D eigenvalue weighted by atomic mass is 79.9. The fourth-order valence-corrected chi connectivity index (χ4v) is 2.30. The summed E-state index contributed by atoms with van der Waals surface area (Å²) in [7, 11) is 1.67. The summed E-state index contributed by atoms with van der Waals surface area (Å²) in [5.41, 5.74) is -0.525. The van der Waals surface area contributed by atoms with Gasteiger partial charge < -0.3 is 9.72 Å². The Balaban J connectivity index is 2.43. The molecule has 15 heavy (non-hydrogen) atoms. The Morgan fingerprint density at radius 1 is 1.53 bits per heavy atom. The Hall–Kier alpha value is -0.680. The van der Waals surface area contributed by atoms with E-state index in [1.54, 1.807) is 7.11 Å². The molecule has 0 aromatic carbocycles. The fraction of sp³-hybridized carbons (Fsp3) is 0.600. The van der Waals surface area contributed by atoms with Gasteiger partial charge in [-0.15, -0.1) is 0 Å². The minimum Gasteiger partial charge on any atom is -0.370 e. The van der Waals surface area contributed by atoms with Crippen molar-refractivity contribution in [2.75, 3.05) is 7.11 Å². The van der Waals surface area contributed by atoms with Gasteiger partial charge in [0.1, 0.15) is 15.9 Å². The molecule has 1 heterocycles. The molecule has 0 radical (unpaired) electrons. The molecular formula is C10H13BrN2O2. The van der Waals surface area contributed by atoms with E-state index in [1.807, 2.05) is 0 Å². The average Bonchev–Trinajstić information content (AvgIpc) is 2.72. The molecule has 0 unspecified atom stereocenters. The number of aromatic amines is 1. The van der Waals surface area contributed by atoms with Gasteiger partial charge in [0.25, 0.3) is 5.56 Å². The fourth-order valence-electron chi connectivity index (χ4n) is 2.09. The number of aromatic nitrogens is 2. The molecule has 1 aliphatic rings. The SMILES string of the molecule is COC1(c2ncc(Br)c(=O)[nH]2)CCCC1. The molecule has 0 amide bonds. The largest absolute Gasteiger partial charge is 0.370 e. The van der Waals surface area contributed by atoms with E-state index in [0.29, 0.717) is 10.3 Å². The van der Waals surface area contributed by atoms with E-state index in [0.717, 1.165) is 25.7 Å². The maximum atomic E-state index is 11.5. The Bertz CT molecular complexity index is 410. The monoisotopic (exact) mass is 272 g/mol. The smallest absolute Gasteiger partial charge is 0.265 e. The van der Waals surface area contributed by atoms with Crippen molar-refractivity contribution in [3.63, 3.8) is 0 Å². The summed E-state index contributed by atoms with van der Waals surface area (Å²) in [6.07, 6.45) is 5.62. The number of hydrogen-bond donors (Lipinski definition) is 1. The highest BCUT2D eigenvalue weighted by molar-refractivity contribution is 9.10. The average molecular weight is 273 g/mol. The molecule has 0 spiro atoms. The standard InChI is InChI=1S/C10H13BrN2O2/c1-15-10(4-2-3-5-10)9-12-6-7(11)8(14)13-9/h6H,2-5H2,1H3,(H,12,13,14). The van der Waals surface area contributed by atoms with Crippen LogP contribution < -0.4 is 5.56 Å². The van der Waals surface area contributed by atoms with Gasteiger partial charge in [-0.1, -0.05) is 0 Å². The first-order valence-electron chi connectivity index (χ1n) is 4.98. The van der Waals surface area contributed by atoms with E-state index >= 15 is 0 Å². The molecule has 1 saturated carbocycles. The molecule has 4 nitrogen and oxygen atoms in total. The molecule has 1 aliphatic carbocycles. The Morgan fingerprint density at radius 2 is 2.20 bits per heavy atom. The third-order valence-electron chi connectivity index (χ3n) is 2.99. The first-order valence-corrected chi connectivity index (χ1v) is 5.78. The van der Waals surface area contributed by atoms with Crippen LogP contribution in [-0.4, -0.2) is 17.1 Å². The second-order valence-corrected chi connectivity index (χ2v) is 4.67. The zero-order chi connectivity index (χ0) is 10.9. The predicted octanol–water partition coefficient (Wildman–Crippen LogP) is 1.95. The molecule has 2 rings (SSSR count). The van der Waals surface area contributed by atoms with Gasteiger partial charge in [0.05, 0.1) is 0 Å². The highest BCUT2D eigenvalue weighted by Crippen LogP contribution is 2.39. The van der Waals surface area contributed by atoms with Crippen LogP contribution in [0.1, 0.15) is 31.5 Å². The van der Waals surface area contributed by atoms with Crippen LogP contribution in [0.5, 0.6) is 0 Å². The number of nitrogens with zero attached hydrogens (tertiary/aromatic N) is 1. The van der Waals surface area contributed by atoms with Gasteiger partial charge in [0.2, 0.25) is 0 Å². The zero-order valence-electron chi connectivity index (χ0n) is 8.55. The Kier molecular flexibility index (Phi) is 2.93. The van der Waals surface area contributed by atoms with Crippen LogP contribution in [0.15, 0.2) is 15.5 Å². The van der Waals surface area contributed by atoms with Crippen LogP contribution >= 0.6 is 15.9 Å². The molecule has 0 bridgehead atoms. The number of nitrogens with one attached hydrogen (secondary N) is 1. The highest BCUT2D eigenvalue weighted by Gasteiger charge is 2.38. The number of hydrogen-bond acceptors (Lipinski definition) is 3. The van der Waals surface area contributed by atoms with Gasteiger partial charge in [-0.05, 0) is 41.6 Å². The van der Waals surface area contributed by atoms with Crippen molar-refractivity contribution >= 4 is 15.9 Å². The molecule has 1 aromatic heterocycles. The summed E-state index contributed by atoms with van der Waals surface area (Å²) >= 11 is 3.13. The number of methoxy groups -OCH3 is 1. The van der Waals surface area contributed by atoms with Crippen LogP contribution in [0.3, 0.4) is 0 Å². The van der Waals surface area contributed by atoms with Crippen molar-refractivity contribution < 1.29 is 4.74 Å². The topological polar surface area (TPSA) is 55.0 Å². The minimum atomic E-state index is -0.375. The van der Waals surface area contributed by atoms with Crippen LogP contribution in [0, 0.1) is 0 Å². The summed E-state index contributed by atoms with van der Waals surface area (Å²) in [4.78, 5) is 18.5. The van der Waals surface area contributed by atoms with Gasteiger partial charge in [-0.25, -0.2) is 4.98 Å². The summed E-state index contributed by atoms with van der Waals surface area (Å²) < 4.78 is 5.99. The molecule has 0 aliphatic heterocycles.